The summed E-state index contributed by atoms with van der Waals surface area (Å²) in [6.07, 6.45) is 0. The first-order chi connectivity index (χ1) is 13.0. The van der Waals surface area contributed by atoms with Crippen LogP contribution >= 0.6 is 0 Å². The predicted molar refractivity (Wildman–Crippen MR) is 103 cm³/mol. The van der Waals surface area contributed by atoms with Crippen molar-refractivity contribution in [3.05, 3.63) is 48.0 Å². The molecule has 0 heterocycles. The largest absolute Gasteiger partial charge is 0.497 e. The van der Waals surface area contributed by atoms with Crippen LogP contribution in [0.4, 0.5) is 5.69 Å². The lowest BCUT2D eigenvalue weighted by Crippen LogP contribution is -2.34. The lowest BCUT2D eigenvalue weighted by Gasteiger charge is -2.18. The Hall–Kier alpha value is -3.22. The van der Waals surface area contributed by atoms with Crippen molar-refractivity contribution in [3.63, 3.8) is 0 Å². The minimum absolute atomic E-state index is 0.0912. The van der Waals surface area contributed by atoms with E-state index in [-0.39, 0.29) is 18.4 Å². The maximum atomic E-state index is 12.6. The van der Waals surface area contributed by atoms with Crippen LogP contribution in [0.1, 0.15) is 17.3 Å². The summed E-state index contributed by atoms with van der Waals surface area (Å²) in [5.74, 6) is 1.07. The fraction of sp³-hybridized carbons (Fsp3) is 0.300. The molecule has 0 fully saturated rings. The normalized spacial score (nSPS) is 10.1. The molecular weight excluding hydrogens is 348 g/mol. The standard InChI is InChI=1S/C20H24N2O5/c1-5-27-18-11-14(9-10-17(18)26-4)20(24)22(2)13-19(23)21-15-7-6-8-16(12-15)25-3/h6-12H,5,13H2,1-4H3,(H,21,23). The summed E-state index contributed by atoms with van der Waals surface area (Å²) in [5, 5.41) is 2.75. The van der Waals surface area contributed by atoms with Gasteiger partial charge >= 0.3 is 0 Å². The molecule has 0 unspecified atom stereocenters. The molecule has 0 bridgehead atoms. The van der Waals surface area contributed by atoms with Gasteiger partial charge in [-0.15, -0.1) is 0 Å². The van der Waals surface area contributed by atoms with Crippen molar-refractivity contribution in [2.24, 2.45) is 0 Å². The number of hydrogen-bond donors (Lipinski definition) is 1. The van der Waals surface area contributed by atoms with Gasteiger partial charge in [0.2, 0.25) is 5.91 Å². The molecule has 27 heavy (non-hydrogen) atoms. The van der Waals surface area contributed by atoms with E-state index in [1.807, 2.05) is 6.92 Å². The van der Waals surface area contributed by atoms with Crippen LogP contribution in [-0.2, 0) is 4.79 Å². The quantitative estimate of drug-likeness (QED) is 0.771. The average molecular weight is 372 g/mol. The molecule has 0 radical (unpaired) electrons. The summed E-state index contributed by atoms with van der Waals surface area (Å²) in [6.45, 7) is 2.21. The summed E-state index contributed by atoms with van der Waals surface area (Å²) in [6, 6.07) is 11.9. The zero-order chi connectivity index (χ0) is 19.8. The van der Waals surface area contributed by atoms with Gasteiger partial charge in [0.15, 0.2) is 11.5 Å². The molecule has 0 aromatic heterocycles. The van der Waals surface area contributed by atoms with Gasteiger partial charge in [0.1, 0.15) is 5.75 Å². The number of methoxy groups -OCH3 is 2. The van der Waals surface area contributed by atoms with E-state index in [0.29, 0.717) is 35.1 Å². The third-order valence-corrected chi connectivity index (χ3v) is 3.79. The van der Waals surface area contributed by atoms with E-state index in [2.05, 4.69) is 5.32 Å². The molecule has 7 heteroatoms. The Morgan fingerprint density at radius 1 is 1.04 bits per heavy atom. The molecule has 2 amide bonds. The van der Waals surface area contributed by atoms with Crippen molar-refractivity contribution in [3.8, 4) is 17.2 Å². The molecule has 0 aliphatic carbocycles. The first-order valence-electron chi connectivity index (χ1n) is 8.48. The zero-order valence-corrected chi connectivity index (χ0v) is 15.9. The lowest BCUT2D eigenvalue weighted by atomic mass is 10.1. The second kappa shape index (κ2) is 9.47. The van der Waals surface area contributed by atoms with Crippen molar-refractivity contribution in [2.75, 3.05) is 39.7 Å². The minimum atomic E-state index is -0.308. The van der Waals surface area contributed by atoms with Crippen molar-refractivity contribution in [1.82, 2.24) is 4.90 Å². The van der Waals surface area contributed by atoms with Crippen LogP contribution in [0.5, 0.6) is 17.2 Å². The van der Waals surface area contributed by atoms with E-state index >= 15 is 0 Å². The van der Waals surface area contributed by atoms with Crippen LogP contribution in [0.2, 0.25) is 0 Å². The maximum absolute atomic E-state index is 12.6. The number of hydrogen-bond acceptors (Lipinski definition) is 5. The highest BCUT2D eigenvalue weighted by atomic mass is 16.5. The minimum Gasteiger partial charge on any atom is -0.497 e. The van der Waals surface area contributed by atoms with Gasteiger partial charge in [0.25, 0.3) is 5.91 Å². The number of carbonyl (C=O) groups is 2. The molecule has 0 spiro atoms. The fourth-order valence-electron chi connectivity index (χ4n) is 2.49. The molecule has 2 aromatic rings. The van der Waals surface area contributed by atoms with E-state index in [1.165, 1.54) is 12.0 Å². The van der Waals surface area contributed by atoms with Gasteiger partial charge < -0.3 is 24.4 Å². The number of nitrogens with zero attached hydrogens (tertiary/aromatic N) is 1. The summed E-state index contributed by atoms with van der Waals surface area (Å²) in [5.41, 5.74) is 1.01. The summed E-state index contributed by atoms with van der Waals surface area (Å²) >= 11 is 0. The number of rotatable bonds is 8. The van der Waals surface area contributed by atoms with Gasteiger partial charge in [0.05, 0.1) is 27.4 Å². The number of nitrogens with one attached hydrogen (secondary N) is 1. The highest BCUT2D eigenvalue weighted by Crippen LogP contribution is 2.28. The second-order valence-corrected chi connectivity index (χ2v) is 5.74. The van der Waals surface area contributed by atoms with Crippen LogP contribution in [0.15, 0.2) is 42.5 Å². The van der Waals surface area contributed by atoms with Gasteiger partial charge in [0, 0.05) is 24.4 Å². The molecule has 0 aliphatic rings. The van der Waals surface area contributed by atoms with E-state index in [1.54, 1.807) is 56.6 Å². The SMILES string of the molecule is CCOc1cc(C(=O)N(C)CC(=O)Nc2cccc(OC)c2)ccc1OC. The van der Waals surface area contributed by atoms with Crippen LogP contribution < -0.4 is 19.5 Å². The topological polar surface area (TPSA) is 77.1 Å². The van der Waals surface area contributed by atoms with Crippen LogP contribution in [-0.4, -0.2) is 51.1 Å². The molecule has 1 N–H and O–H groups in total. The van der Waals surface area contributed by atoms with E-state index < -0.39 is 0 Å². The van der Waals surface area contributed by atoms with Crippen molar-refractivity contribution in [2.45, 2.75) is 6.92 Å². The second-order valence-electron chi connectivity index (χ2n) is 5.74. The van der Waals surface area contributed by atoms with Crippen LogP contribution in [0.25, 0.3) is 0 Å². The van der Waals surface area contributed by atoms with E-state index in [4.69, 9.17) is 14.2 Å². The van der Waals surface area contributed by atoms with Gasteiger partial charge in [-0.2, -0.15) is 0 Å². The van der Waals surface area contributed by atoms with Gasteiger partial charge in [-0.3, -0.25) is 9.59 Å². The highest BCUT2D eigenvalue weighted by Gasteiger charge is 2.17. The number of anilines is 1. The monoisotopic (exact) mass is 372 g/mol. The predicted octanol–water partition coefficient (Wildman–Crippen LogP) is 2.81. The maximum Gasteiger partial charge on any atom is 0.254 e. The van der Waals surface area contributed by atoms with Gasteiger partial charge in [-0.25, -0.2) is 0 Å². The Bertz CT molecular complexity index is 807. The number of ether oxygens (including phenoxy) is 3. The number of amides is 2. The Morgan fingerprint density at radius 2 is 1.81 bits per heavy atom. The smallest absolute Gasteiger partial charge is 0.254 e. The van der Waals surface area contributed by atoms with Gasteiger partial charge in [-0.05, 0) is 37.3 Å². The van der Waals surface area contributed by atoms with Crippen molar-refractivity contribution in [1.29, 1.82) is 0 Å². The molecule has 0 atom stereocenters. The number of likely N-dealkylation sites (N-methyl/N-ethyl adjacent to an activating group) is 1. The summed E-state index contributed by atoms with van der Waals surface area (Å²) in [4.78, 5) is 26.2. The molecule has 0 saturated heterocycles. The Morgan fingerprint density at radius 3 is 2.48 bits per heavy atom. The molecule has 7 nitrogen and oxygen atoms in total. The van der Waals surface area contributed by atoms with E-state index in [0.717, 1.165) is 0 Å². The highest BCUT2D eigenvalue weighted by molar-refractivity contribution is 5.99. The average Bonchev–Trinajstić information content (AvgIpc) is 2.67. The molecule has 2 rings (SSSR count). The molecule has 144 valence electrons. The summed E-state index contributed by atoms with van der Waals surface area (Å²) < 4.78 is 15.8. The van der Waals surface area contributed by atoms with Crippen LogP contribution in [0, 0.1) is 0 Å². The van der Waals surface area contributed by atoms with Crippen molar-refractivity contribution < 1.29 is 23.8 Å². The first-order valence-corrected chi connectivity index (χ1v) is 8.48. The Balaban J connectivity index is 2.04. The fourth-order valence-corrected chi connectivity index (χ4v) is 2.49. The zero-order valence-electron chi connectivity index (χ0n) is 15.9. The third-order valence-electron chi connectivity index (χ3n) is 3.79. The molecule has 2 aromatic carbocycles. The van der Waals surface area contributed by atoms with E-state index in [9.17, 15) is 9.59 Å². The summed E-state index contributed by atoms with van der Waals surface area (Å²) in [7, 11) is 4.66. The number of carbonyl (C=O) groups excluding carboxylic acids is 2. The van der Waals surface area contributed by atoms with Crippen molar-refractivity contribution >= 4 is 17.5 Å². The number of benzene rings is 2. The Kier molecular flexibility index (Phi) is 7.05. The van der Waals surface area contributed by atoms with Gasteiger partial charge in [-0.1, -0.05) is 6.07 Å². The van der Waals surface area contributed by atoms with Crippen LogP contribution in [0.3, 0.4) is 0 Å². The molecular formula is C20H24N2O5. The lowest BCUT2D eigenvalue weighted by molar-refractivity contribution is -0.116. The first kappa shape index (κ1) is 20.1. The Labute approximate surface area is 158 Å². The molecule has 0 aliphatic heterocycles. The third kappa shape index (κ3) is 5.37. The molecule has 0 saturated carbocycles.